The highest BCUT2D eigenvalue weighted by molar-refractivity contribution is 7.15. The van der Waals surface area contributed by atoms with E-state index in [9.17, 15) is 4.79 Å². The summed E-state index contributed by atoms with van der Waals surface area (Å²) in [4.78, 5) is 17.8. The Bertz CT molecular complexity index is 1020. The molecule has 2 heterocycles. The minimum Gasteiger partial charge on any atom is -0.308 e. The number of carbonyl (C=O) groups excluding carboxylic acids is 1. The van der Waals surface area contributed by atoms with E-state index in [1.54, 1.807) is 11.3 Å². The molecule has 2 aromatic heterocycles. The monoisotopic (exact) mass is 362 g/mol. The van der Waals surface area contributed by atoms with Gasteiger partial charge in [-0.05, 0) is 30.2 Å². The average Bonchev–Trinajstić information content (AvgIpc) is 3.25. The number of amides is 2. The van der Waals surface area contributed by atoms with E-state index in [0.717, 1.165) is 39.6 Å². The summed E-state index contributed by atoms with van der Waals surface area (Å²) in [6, 6.07) is 15.2. The summed E-state index contributed by atoms with van der Waals surface area (Å²) in [5, 5.41) is 7.78. The molecular weight excluding hydrogens is 344 g/mol. The van der Waals surface area contributed by atoms with E-state index in [2.05, 4.69) is 22.5 Å². The number of nitrogens with one attached hydrogen (secondary N) is 2. The van der Waals surface area contributed by atoms with E-state index in [1.165, 1.54) is 0 Å². The number of nitrogens with zero attached hydrogens (tertiary/aromatic N) is 2. The van der Waals surface area contributed by atoms with Gasteiger partial charge in [0.2, 0.25) is 0 Å². The summed E-state index contributed by atoms with van der Waals surface area (Å²) in [6.45, 7) is 2.07. The molecule has 0 aliphatic heterocycles. The van der Waals surface area contributed by atoms with Gasteiger partial charge in [-0.25, -0.2) is 9.78 Å². The fourth-order valence-electron chi connectivity index (χ4n) is 2.83. The van der Waals surface area contributed by atoms with Crippen LogP contribution in [0.4, 0.5) is 16.2 Å². The predicted octanol–water partition coefficient (Wildman–Crippen LogP) is 5.27. The average molecular weight is 362 g/mol. The molecule has 0 bridgehead atoms. The van der Waals surface area contributed by atoms with Crippen LogP contribution >= 0.6 is 11.3 Å². The number of anilines is 2. The van der Waals surface area contributed by atoms with E-state index in [4.69, 9.17) is 0 Å². The van der Waals surface area contributed by atoms with Crippen LogP contribution in [0.5, 0.6) is 0 Å². The third kappa shape index (κ3) is 3.32. The molecule has 0 saturated heterocycles. The number of carbonyl (C=O) groups is 1. The van der Waals surface area contributed by atoms with Gasteiger partial charge in [-0.3, -0.25) is 4.40 Å². The van der Waals surface area contributed by atoms with Gasteiger partial charge in [0.1, 0.15) is 0 Å². The van der Waals surface area contributed by atoms with E-state index < -0.39 is 0 Å². The Morgan fingerprint density at radius 3 is 2.69 bits per heavy atom. The van der Waals surface area contributed by atoms with Crippen molar-refractivity contribution in [2.75, 3.05) is 10.6 Å². The second-order valence-electron chi connectivity index (χ2n) is 5.89. The standard InChI is InChI=1S/C20H18N4OS/c1-2-14-5-3-4-6-17(14)22-19(25)21-16-9-7-15(8-10-16)18-13-24-11-12-26-20(24)23-18/h3-13H,2H2,1H3,(H2,21,22,25). The molecule has 4 aromatic rings. The zero-order chi connectivity index (χ0) is 17.9. The normalized spacial score (nSPS) is 10.8. The van der Waals surface area contributed by atoms with Crippen LogP contribution in [-0.2, 0) is 6.42 Å². The van der Waals surface area contributed by atoms with Crippen LogP contribution in [-0.4, -0.2) is 15.4 Å². The lowest BCUT2D eigenvalue weighted by molar-refractivity contribution is 0.262. The van der Waals surface area contributed by atoms with E-state index in [1.807, 2.05) is 70.7 Å². The first-order valence-corrected chi connectivity index (χ1v) is 9.29. The molecule has 0 unspecified atom stereocenters. The first-order chi connectivity index (χ1) is 12.7. The quantitative estimate of drug-likeness (QED) is 0.520. The third-order valence-corrected chi connectivity index (χ3v) is 4.95. The topological polar surface area (TPSA) is 58.4 Å². The Morgan fingerprint density at radius 1 is 1.12 bits per heavy atom. The number of aryl methyl sites for hydroxylation is 1. The number of benzene rings is 2. The minimum absolute atomic E-state index is 0.249. The fourth-order valence-corrected chi connectivity index (χ4v) is 3.53. The molecule has 0 saturated carbocycles. The molecule has 2 aromatic carbocycles. The van der Waals surface area contributed by atoms with Gasteiger partial charge in [-0.15, -0.1) is 11.3 Å². The summed E-state index contributed by atoms with van der Waals surface area (Å²) < 4.78 is 2.00. The van der Waals surface area contributed by atoms with Crippen molar-refractivity contribution in [1.82, 2.24) is 9.38 Å². The summed E-state index contributed by atoms with van der Waals surface area (Å²) >= 11 is 1.60. The lowest BCUT2D eigenvalue weighted by atomic mass is 10.1. The van der Waals surface area contributed by atoms with Crippen molar-refractivity contribution in [3.8, 4) is 11.3 Å². The maximum Gasteiger partial charge on any atom is 0.323 e. The highest BCUT2D eigenvalue weighted by Crippen LogP contribution is 2.23. The molecule has 0 atom stereocenters. The molecule has 0 aliphatic rings. The second-order valence-corrected chi connectivity index (χ2v) is 6.76. The molecule has 0 fully saturated rings. The van der Waals surface area contributed by atoms with Crippen LogP contribution < -0.4 is 10.6 Å². The number of para-hydroxylation sites is 1. The van der Waals surface area contributed by atoms with Gasteiger partial charge in [-0.1, -0.05) is 37.3 Å². The zero-order valence-corrected chi connectivity index (χ0v) is 15.1. The molecule has 26 heavy (non-hydrogen) atoms. The SMILES string of the molecule is CCc1ccccc1NC(=O)Nc1ccc(-c2cn3ccsc3n2)cc1. The van der Waals surface area contributed by atoms with Gasteiger partial charge in [0, 0.05) is 34.7 Å². The summed E-state index contributed by atoms with van der Waals surface area (Å²) in [5.41, 5.74) is 4.62. The van der Waals surface area contributed by atoms with Crippen LogP contribution in [0.1, 0.15) is 12.5 Å². The maximum absolute atomic E-state index is 12.3. The Morgan fingerprint density at radius 2 is 1.92 bits per heavy atom. The number of hydrogen-bond acceptors (Lipinski definition) is 3. The molecule has 130 valence electrons. The maximum atomic E-state index is 12.3. The molecule has 6 heteroatoms. The number of imidazole rings is 1. The van der Waals surface area contributed by atoms with Crippen molar-refractivity contribution < 1.29 is 4.79 Å². The van der Waals surface area contributed by atoms with Crippen LogP contribution in [0.15, 0.2) is 66.3 Å². The van der Waals surface area contributed by atoms with Crippen molar-refractivity contribution in [2.24, 2.45) is 0 Å². The summed E-state index contributed by atoms with van der Waals surface area (Å²) in [6.07, 6.45) is 4.86. The number of thiazole rings is 1. The van der Waals surface area contributed by atoms with Gasteiger partial charge in [0.25, 0.3) is 0 Å². The minimum atomic E-state index is -0.249. The van der Waals surface area contributed by atoms with Crippen molar-refractivity contribution in [2.45, 2.75) is 13.3 Å². The highest BCUT2D eigenvalue weighted by atomic mass is 32.1. The molecule has 0 radical (unpaired) electrons. The van der Waals surface area contributed by atoms with Crippen LogP contribution in [0.25, 0.3) is 16.2 Å². The molecule has 2 N–H and O–H groups in total. The van der Waals surface area contributed by atoms with Crippen molar-refractivity contribution in [1.29, 1.82) is 0 Å². The van der Waals surface area contributed by atoms with Crippen LogP contribution in [0.2, 0.25) is 0 Å². The molecular formula is C20H18N4OS. The highest BCUT2D eigenvalue weighted by Gasteiger charge is 2.08. The molecule has 4 rings (SSSR count). The second kappa shape index (κ2) is 7.01. The fraction of sp³-hybridized carbons (Fsp3) is 0.100. The Balaban J connectivity index is 1.45. The van der Waals surface area contributed by atoms with Crippen molar-refractivity contribution >= 4 is 33.7 Å². The summed E-state index contributed by atoms with van der Waals surface area (Å²) in [7, 11) is 0. The van der Waals surface area contributed by atoms with Gasteiger partial charge >= 0.3 is 6.03 Å². The molecule has 5 nitrogen and oxygen atoms in total. The van der Waals surface area contributed by atoms with E-state index >= 15 is 0 Å². The first kappa shape index (κ1) is 16.4. The van der Waals surface area contributed by atoms with Gasteiger partial charge in [0.05, 0.1) is 5.69 Å². The number of aromatic nitrogens is 2. The van der Waals surface area contributed by atoms with Crippen molar-refractivity contribution in [3.05, 3.63) is 71.9 Å². The van der Waals surface area contributed by atoms with E-state index in [0.29, 0.717) is 0 Å². The number of rotatable bonds is 4. The third-order valence-electron chi connectivity index (χ3n) is 4.18. The van der Waals surface area contributed by atoms with Gasteiger partial charge in [0.15, 0.2) is 4.96 Å². The number of fused-ring (bicyclic) bond motifs is 1. The lowest BCUT2D eigenvalue weighted by Gasteiger charge is -2.11. The first-order valence-electron chi connectivity index (χ1n) is 8.41. The lowest BCUT2D eigenvalue weighted by Crippen LogP contribution is -2.20. The Labute approximate surface area is 155 Å². The molecule has 0 aliphatic carbocycles. The van der Waals surface area contributed by atoms with Gasteiger partial charge < -0.3 is 10.6 Å². The number of urea groups is 1. The zero-order valence-electron chi connectivity index (χ0n) is 14.3. The Kier molecular flexibility index (Phi) is 4.41. The van der Waals surface area contributed by atoms with Crippen LogP contribution in [0, 0.1) is 0 Å². The molecule has 0 spiro atoms. The smallest absolute Gasteiger partial charge is 0.308 e. The Hall–Kier alpha value is -3.12. The number of hydrogen-bond donors (Lipinski definition) is 2. The molecule has 2 amide bonds. The van der Waals surface area contributed by atoms with Gasteiger partial charge in [-0.2, -0.15) is 0 Å². The van der Waals surface area contributed by atoms with Crippen molar-refractivity contribution in [3.63, 3.8) is 0 Å². The largest absolute Gasteiger partial charge is 0.323 e. The summed E-state index contributed by atoms with van der Waals surface area (Å²) in [5.74, 6) is 0. The predicted molar refractivity (Wildman–Crippen MR) is 107 cm³/mol. The van der Waals surface area contributed by atoms with Crippen LogP contribution in [0.3, 0.4) is 0 Å². The van der Waals surface area contributed by atoms with E-state index in [-0.39, 0.29) is 6.03 Å².